The van der Waals surface area contributed by atoms with Crippen molar-refractivity contribution in [2.45, 2.75) is 32.2 Å². The van der Waals surface area contributed by atoms with E-state index in [4.69, 9.17) is 5.73 Å². The van der Waals surface area contributed by atoms with Gasteiger partial charge in [0.05, 0.1) is 11.4 Å². The number of rotatable bonds is 1. The number of anilines is 2. The van der Waals surface area contributed by atoms with Gasteiger partial charge in [-0.1, -0.05) is 0 Å². The first kappa shape index (κ1) is 11.0. The number of hydrogen-bond donors (Lipinski definition) is 1. The van der Waals surface area contributed by atoms with E-state index in [-0.39, 0.29) is 0 Å². The summed E-state index contributed by atoms with van der Waals surface area (Å²) in [5, 5.41) is 0. The molecule has 0 aromatic heterocycles. The van der Waals surface area contributed by atoms with E-state index in [0.717, 1.165) is 12.2 Å². The molecule has 0 saturated carbocycles. The van der Waals surface area contributed by atoms with Crippen LogP contribution in [0.2, 0.25) is 0 Å². The second-order valence-corrected chi connectivity index (χ2v) is 5.49. The molecule has 1 saturated heterocycles. The lowest BCUT2D eigenvalue weighted by Crippen LogP contribution is -2.37. The minimum Gasteiger partial charge on any atom is -0.397 e. The normalized spacial score (nSPS) is 21.7. The minimum atomic E-state index is 0.626. The smallest absolute Gasteiger partial charge is 0.0603 e. The van der Waals surface area contributed by atoms with E-state index in [1.165, 1.54) is 28.5 Å². The Morgan fingerprint density at radius 2 is 2.20 bits per heavy atom. The number of nitrogens with zero attached hydrogens (tertiary/aromatic N) is 1. The van der Waals surface area contributed by atoms with Crippen LogP contribution in [-0.4, -0.2) is 12.6 Å². The largest absolute Gasteiger partial charge is 0.397 e. The predicted molar refractivity (Wildman–Crippen MR) is 74.2 cm³/mol. The molecule has 1 aromatic carbocycles. The molecule has 2 nitrogen and oxygen atoms in total. The molecule has 0 bridgehead atoms. The molecule has 1 fully saturated rings. The molecule has 1 heterocycles. The van der Waals surface area contributed by atoms with Crippen LogP contribution >= 0.6 is 22.6 Å². The summed E-state index contributed by atoms with van der Waals surface area (Å²) in [6.45, 7) is 3.43. The van der Waals surface area contributed by atoms with Crippen molar-refractivity contribution in [3.63, 3.8) is 0 Å². The van der Waals surface area contributed by atoms with E-state index < -0.39 is 0 Å². The first-order chi connectivity index (χ1) is 7.18. The lowest BCUT2D eigenvalue weighted by Gasteiger charge is -2.36. The van der Waals surface area contributed by atoms with Gasteiger partial charge in [-0.05, 0) is 67.0 Å². The topological polar surface area (TPSA) is 29.3 Å². The fourth-order valence-corrected chi connectivity index (χ4v) is 2.76. The van der Waals surface area contributed by atoms with Crippen LogP contribution in [-0.2, 0) is 0 Å². The maximum Gasteiger partial charge on any atom is 0.0603 e. The van der Waals surface area contributed by atoms with Gasteiger partial charge in [-0.2, -0.15) is 0 Å². The lowest BCUT2D eigenvalue weighted by atomic mass is 10.0. The molecule has 82 valence electrons. The summed E-state index contributed by atoms with van der Waals surface area (Å²) >= 11 is 2.30. The average Bonchev–Trinajstić information content (AvgIpc) is 2.20. The van der Waals surface area contributed by atoms with E-state index in [0.29, 0.717) is 6.04 Å². The van der Waals surface area contributed by atoms with Gasteiger partial charge in [-0.25, -0.2) is 0 Å². The molecule has 0 amide bonds. The molecule has 1 unspecified atom stereocenters. The fourth-order valence-electron chi connectivity index (χ4n) is 2.24. The Morgan fingerprint density at radius 1 is 1.40 bits per heavy atom. The van der Waals surface area contributed by atoms with Crippen LogP contribution in [0.15, 0.2) is 18.2 Å². The Kier molecular flexibility index (Phi) is 3.38. The molecule has 0 radical (unpaired) electrons. The highest BCUT2D eigenvalue weighted by Crippen LogP contribution is 2.30. The highest BCUT2D eigenvalue weighted by molar-refractivity contribution is 14.1. The third-order valence-electron chi connectivity index (χ3n) is 3.10. The van der Waals surface area contributed by atoms with E-state index in [9.17, 15) is 0 Å². The molecule has 0 spiro atoms. The highest BCUT2D eigenvalue weighted by atomic mass is 127. The van der Waals surface area contributed by atoms with E-state index in [1.54, 1.807) is 0 Å². The van der Waals surface area contributed by atoms with Gasteiger partial charge in [0.2, 0.25) is 0 Å². The number of nitrogens with two attached hydrogens (primary N) is 1. The fraction of sp³-hybridized carbons (Fsp3) is 0.500. The van der Waals surface area contributed by atoms with Gasteiger partial charge in [-0.3, -0.25) is 0 Å². The van der Waals surface area contributed by atoms with E-state index >= 15 is 0 Å². The van der Waals surface area contributed by atoms with Crippen LogP contribution < -0.4 is 10.6 Å². The second-order valence-electron chi connectivity index (χ2n) is 4.24. The standard InChI is InChI=1S/C12H17IN2/c1-9-4-2-3-7-15(9)12-6-5-10(13)8-11(12)14/h5-6,8-9H,2-4,7,14H2,1H3. The molecular formula is C12H17IN2. The van der Waals surface area contributed by atoms with Crippen molar-refractivity contribution in [2.75, 3.05) is 17.2 Å². The van der Waals surface area contributed by atoms with Crippen LogP contribution in [0.25, 0.3) is 0 Å². The van der Waals surface area contributed by atoms with Crippen LogP contribution in [0.5, 0.6) is 0 Å². The van der Waals surface area contributed by atoms with Crippen molar-refractivity contribution >= 4 is 34.0 Å². The Hall–Kier alpha value is -0.450. The molecule has 1 atom stereocenters. The minimum absolute atomic E-state index is 0.626. The summed E-state index contributed by atoms with van der Waals surface area (Å²) in [6.07, 6.45) is 3.92. The number of benzene rings is 1. The van der Waals surface area contributed by atoms with Crippen molar-refractivity contribution < 1.29 is 0 Å². The predicted octanol–water partition coefficient (Wildman–Crippen LogP) is 3.25. The monoisotopic (exact) mass is 316 g/mol. The van der Waals surface area contributed by atoms with Gasteiger partial charge in [0.15, 0.2) is 0 Å². The summed E-state index contributed by atoms with van der Waals surface area (Å²) < 4.78 is 1.21. The van der Waals surface area contributed by atoms with Gasteiger partial charge in [0, 0.05) is 16.2 Å². The first-order valence-corrected chi connectivity index (χ1v) is 6.58. The summed E-state index contributed by atoms with van der Waals surface area (Å²) in [6, 6.07) is 6.96. The number of nitrogen functional groups attached to an aromatic ring is 1. The van der Waals surface area contributed by atoms with Gasteiger partial charge in [0.25, 0.3) is 0 Å². The highest BCUT2D eigenvalue weighted by Gasteiger charge is 2.19. The third kappa shape index (κ3) is 2.38. The van der Waals surface area contributed by atoms with Crippen molar-refractivity contribution in [1.29, 1.82) is 0 Å². The van der Waals surface area contributed by atoms with Crippen molar-refractivity contribution in [3.8, 4) is 0 Å². The summed E-state index contributed by atoms with van der Waals surface area (Å²) in [5.41, 5.74) is 8.19. The number of halogens is 1. The SMILES string of the molecule is CC1CCCCN1c1ccc(I)cc1N. The molecule has 3 heteroatoms. The maximum absolute atomic E-state index is 6.07. The van der Waals surface area contributed by atoms with Gasteiger partial charge >= 0.3 is 0 Å². The Labute approximate surface area is 105 Å². The maximum atomic E-state index is 6.07. The lowest BCUT2D eigenvalue weighted by molar-refractivity contribution is 0.485. The van der Waals surface area contributed by atoms with Crippen molar-refractivity contribution in [3.05, 3.63) is 21.8 Å². The summed E-state index contributed by atoms with van der Waals surface area (Å²) in [4.78, 5) is 2.44. The quantitative estimate of drug-likeness (QED) is 0.636. The van der Waals surface area contributed by atoms with Crippen LogP contribution in [0.1, 0.15) is 26.2 Å². The number of hydrogen-bond acceptors (Lipinski definition) is 2. The average molecular weight is 316 g/mol. The second kappa shape index (κ2) is 4.60. The molecular weight excluding hydrogens is 299 g/mol. The zero-order valence-electron chi connectivity index (χ0n) is 9.04. The van der Waals surface area contributed by atoms with Crippen molar-refractivity contribution in [2.24, 2.45) is 0 Å². The van der Waals surface area contributed by atoms with Crippen LogP contribution in [0.3, 0.4) is 0 Å². The van der Waals surface area contributed by atoms with E-state index in [1.807, 2.05) is 0 Å². The van der Waals surface area contributed by atoms with Crippen LogP contribution in [0, 0.1) is 3.57 Å². The Morgan fingerprint density at radius 3 is 2.87 bits per heavy atom. The molecule has 1 aliphatic rings. The van der Waals surface area contributed by atoms with Gasteiger partial charge in [0.1, 0.15) is 0 Å². The van der Waals surface area contributed by atoms with Crippen molar-refractivity contribution in [1.82, 2.24) is 0 Å². The number of piperidine rings is 1. The first-order valence-electron chi connectivity index (χ1n) is 5.50. The Bertz CT molecular complexity index is 351. The molecule has 2 rings (SSSR count). The zero-order valence-corrected chi connectivity index (χ0v) is 11.2. The van der Waals surface area contributed by atoms with Gasteiger partial charge in [-0.15, -0.1) is 0 Å². The summed E-state index contributed by atoms with van der Waals surface area (Å²) in [5.74, 6) is 0. The third-order valence-corrected chi connectivity index (χ3v) is 3.77. The molecule has 1 aliphatic heterocycles. The van der Waals surface area contributed by atoms with Gasteiger partial charge < -0.3 is 10.6 Å². The summed E-state index contributed by atoms with van der Waals surface area (Å²) in [7, 11) is 0. The molecule has 1 aromatic rings. The molecule has 0 aliphatic carbocycles. The van der Waals surface area contributed by atoms with Crippen LogP contribution in [0.4, 0.5) is 11.4 Å². The molecule has 15 heavy (non-hydrogen) atoms. The molecule has 2 N–H and O–H groups in total. The Balaban J connectivity index is 2.27. The zero-order chi connectivity index (χ0) is 10.8. The van der Waals surface area contributed by atoms with E-state index in [2.05, 4.69) is 52.6 Å².